The lowest BCUT2D eigenvalue weighted by Crippen LogP contribution is -2.45. The summed E-state index contributed by atoms with van der Waals surface area (Å²) in [7, 11) is -1.78. The molecule has 2 atom stereocenters. The molecule has 0 spiro atoms. The molecule has 1 N–H and O–H groups in total. The van der Waals surface area contributed by atoms with Gasteiger partial charge >= 0.3 is 0 Å². The van der Waals surface area contributed by atoms with Gasteiger partial charge in [-0.2, -0.15) is 0 Å². The lowest BCUT2D eigenvalue weighted by molar-refractivity contribution is -0.0295. The van der Waals surface area contributed by atoms with Gasteiger partial charge in [0.05, 0.1) is 17.7 Å². The van der Waals surface area contributed by atoms with E-state index < -0.39 is 20.7 Å². The Bertz CT molecular complexity index is 620. The molecule has 110 valence electrons. The number of halogens is 1. The van der Waals surface area contributed by atoms with E-state index in [0.29, 0.717) is 16.7 Å². The van der Waals surface area contributed by atoms with Crippen molar-refractivity contribution in [2.75, 3.05) is 12.9 Å². The van der Waals surface area contributed by atoms with E-state index in [1.807, 2.05) is 6.07 Å². The van der Waals surface area contributed by atoms with Crippen molar-refractivity contribution in [3.05, 3.63) is 28.5 Å². The summed E-state index contributed by atoms with van der Waals surface area (Å²) in [5.74, 6) is -0.0360. The van der Waals surface area contributed by atoms with Crippen LogP contribution in [0.3, 0.4) is 0 Å². The Morgan fingerprint density at radius 3 is 2.95 bits per heavy atom. The highest BCUT2D eigenvalue weighted by molar-refractivity contribution is 9.10. The molecule has 0 bridgehead atoms. The summed E-state index contributed by atoms with van der Waals surface area (Å²) in [4.78, 5) is 4.37. The lowest BCUT2D eigenvalue weighted by Gasteiger charge is -2.38. The largest absolute Gasteiger partial charge is 0.411 e. The number of methoxy groups -OCH3 is 1. The summed E-state index contributed by atoms with van der Waals surface area (Å²) in [5, 5.41) is 10.7. The number of oxime groups is 1. The van der Waals surface area contributed by atoms with E-state index in [0.717, 1.165) is 6.21 Å². The minimum absolute atomic E-state index is 0.0360. The topological polar surface area (TPSA) is 88.9 Å². The zero-order valence-electron chi connectivity index (χ0n) is 10.9. The van der Waals surface area contributed by atoms with Gasteiger partial charge in [0.1, 0.15) is 15.5 Å². The van der Waals surface area contributed by atoms with Gasteiger partial charge in [0.2, 0.25) is 0 Å². The fraction of sp³-hybridized carbons (Fsp3) is 0.500. The van der Waals surface area contributed by atoms with Crippen molar-refractivity contribution in [3.63, 3.8) is 0 Å². The predicted molar refractivity (Wildman–Crippen MR) is 77.7 cm³/mol. The third-order valence-corrected chi connectivity index (χ3v) is 6.01. The Hall–Kier alpha value is -0.990. The second-order valence-electron chi connectivity index (χ2n) is 4.67. The molecule has 6 nitrogen and oxygen atoms in total. The molecule has 1 fully saturated rings. The van der Waals surface area contributed by atoms with Crippen molar-refractivity contribution >= 4 is 32.0 Å². The summed E-state index contributed by atoms with van der Waals surface area (Å²) in [6, 6.07) is 5.42. The Balaban J connectivity index is 2.42. The molecule has 8 heteroatoms. The van der Waals surface area contributed by atoms with Crippen LogP contribution in [0.15, 0.2) is 28.0 Å². The zero-order chi connectivity index (χ0) is 14.8. The van der Waals surface area contributed by atoms with Gasteiger partial charge in [0.25, 0.3) is 0 Å². The first-order chi connectivity index (χ1) is 9.43. The minimum Gasteiger partial charge on any atom is -0.411 e. The first-order valence-electron chi connectivity index (χ1n) is 6.01. The van der Waals surface area contributed by atoms with E-state index in [2.05, 4.69) is 26.1 Å². The molecule has 1 aliphatic heterocycles. The Kier molecular flexibility index (Phi) is 4.46. The standard InChI is InChI=1S/C12H15BrN2O4S/c1-19-12(10-3-2-4-11(13)15-10)5-6-20(17,18)9(7-12)8-14-16/h2-4,8-9,16H,5-7H2,1H3. The second kappa shape index (κ2) is 5.79. The van der Waals surface area contributed by atoms with Crippen molar-refractivity contribution in [1.82, 2.24) is 4.98 Å². The average molecular weight is 363 g/mol. The van der Waals surface area contributed by atoms with Crippen molar-refractivity contribution in [2.24, 2.45) is 5.16 Å². The maximum absolute atomic E-state index is 12.0. The summed E-state index contributed by atoms with van der Waals surface area (Å²) in [5.41, 5.74) is -0.123. The molecule has 1 saturated heterocycles. The van der Waals surface area contributed by atoms with Crippen molar-refractivity contribution < 1.29 is 18.4 Å². The Morgan fingerprint density at radius 2 is 2.35 bits per heavy atom. The second-order valence-corrected chi connectivity index (χ2v) is 7.82. The van der Waals surface area contributed by atoms with E-state index in [9.17, 15) is 8.42 Å². The molecule has 0 amide bonds. The van der Waals surface area contributed by atoms with Crippen molar-refractivity contribution in [1.29, 1.82) is 0 Å². The SMILES string of the molecule is COC1(c2cccc(Br)n2)CCS(=O)(=O)C(C=NO)C1. The van der Waals surface area contributed by atoms with Gasteiger partial charge in [-0.1, -0.05) is 6.07 Å². The van der Waals surface area contributed by atoms with Crippen LogP contribution >= 0.6 is 15.9 Å². The van der Waals surface area contributed by atoms with E-state index in [1.165, 1.54) is 7.11 Å². The molecular weight excluding hydrogens is 348 g/mol. The third-order valence-electron chi connectivity index (χ3n) is 3.59. The number of pyridine rings is 1. The molecule has 0 saturated carbocycles. The third kappa shape index (κ3) is 2.87. The monoisotopic (exact) mass is 362 g/mol. The van der Waals surface area contributed by atoms with Crippen LogP contribution in [0.25, 0.3) is 0 Å². The molecule has 0 aliphatic carbocycles. The Labute approximate surface area is 125 Å². The number of hydrogen-bond donors (Lipinski definition) is 1. The van der Waals surface area contributed by atoms with Gasteiger partial charge in [-0.3, -0.25) is 0 Å². The van der Waals surface area contributed by atoms with E-state index in [4.69, 9.17) is 9.94 Å². The highest BCUT2D eigenvalue weighted by Crippen LogP contribution is 2.39. The van der Waals surface area contributed by atoms with Gasteiger partial charge in [0, 0.05) is 13.5 Å². The molecule has 2 rings (SSSR count). The van der Waals surface area contributed by atoms with Crippen LogP contribution in [0.1, 0.15) is 18.5 Å². The summed E-state index contributed by atoms with van der Waals surface area (Å²) >= 11 is 3.30. The maximum atomic E-state index is 12.0. The number of hydrogen-bond acceptors (Lipinski definition) is 6. The number of sulfone groups is 1. The first-order valence-corrected chi connectivity index (χ1v) is 8.52. The van der Waals surface area contributed by atoms with Gasteiger partial charge < -0.3 is 9.94 Å². The molecule has 1 aromatic rings. The van der Waals surface area contributed by atoms with E-state index in [-0.39, 0.29) is 12.2 Å². The van der Waals surface area contributed by atoms with Gasteiger partial charge in [-0.15, -0.1) is 5.16 Å². The van der Waals surface area contributed by atoms with Crippen LogP contribution in [0, 0.1) is 0 Å². The fourth-order valence-electron chi connectivity index (χ4n) is 2.42. The zero-order valence-corrected chi connectivity index (χ0v) is 13.3. The number of nitrogens with zero attached hydrogens (tertiary/aromatic N) is 2. The molecule has 1 aromatic heterocycles. The van der Waals surface area contributed by atoms with Crippen molar-refractivity contribution in [3.8, 4) is 0 Å². The highest BCUT2D eigenvalue weighted by atomic mass is 79.9. The normalized spacial score (nSPS) is 29.6. The molecule has 2 unspecified atom stereocenters. The lowest BCUT2D eigenvalue weighted by atomic mass is 9.89. The molecular formula is C12H15BrN2O4S. The maximum Gasteiger partial charge on any atom is 0.158 e. The molecule has 1 aliphatic rings. The molecule has 20 heavy (non-hydrogen) atoms. The van der Waals surface area contributed by atoms with Crippen LogP contribution < -0.4 is 0 Å². The van der Waals surface area contributed by atoms with Crippen LogP contribution in [-0.2, 0) is 20.2 Å². The number of rotatable bonds is 3. The van der Waals surface area contributed by atoms with Gasteiger partial charge in [-0.25, -0.2) is 13.4 Å². The quantitative estimate of drug-likeness (QED) is 0.382. The summed E-state index contributed by atoms with van der Waals surface area (Å²) in [6.45, 7) is 0. The van der Waals surface area contributed by atoms with E-state index >= 15 is 0 Å². The number of aromatic nitrogens is 1. The summed E-state index contributed by atoms with van der Waals surface area (Å²) in [6.07, 6.45) is 1.55. The van der Waals surface area contributed by atoms with Gasteiger partial charge in [0.15, 0.2) is 9.84 Å². The van der Waals surface area contributed by atoms with Crippen LogP contribution in [-0.4, -0.2) is 42.9 Å². The fourth-order valence-corrected chi connectivity index (χ4v) is 4.44. The van der Waals surface area contributed by atoms with E-state index in [1.54, 1.807) is 12.1 Å². The van der Waals surface area contributed by atoms with Crippen LogP contribution in [0.5, 0.6) is 0 Å². The van der Waals surface area contributed by atoms with Crippen LogP contribution in [0.2, 0.25) is 0 Å². The molecule has 2 heterocycles. The average Bonchev–Trinajstić information content (AvgIpc) is 2.42. The van der Waals surface area contributed by atoms with Crippen molar-refractivity contribution in [2.45, 2.75) is 23.7 Å². The molecule has 0 aromatic carbocycles. The Morgan fingerprint density at radius 1 is 1.60 bits per heavy atom. The predicted octanol–water partition coefficient (Wildman–Crippen LogP) is 1.72. The number of ether oxygens (including phenoxy) is 1. The smallest absolute Gasteiger partial charge is 0.158 e. The highest BCUT2D eigenvalue weighted by Gasteiger charge is 2.45. The molecule has 0 radical (unpaired) electrons. The summed E-state index contributed by atoms with van der Waals surface area (Å²) < 4.78 is 30.2. The van der Waals surface area contributed by atoms with Gasteiger partial charge in [-0.05, 0) is 34.5 Å². The van der Waals surface area contributed by atoms with Crippen LogP contribution in [0.4, 0.5) is 0 Å². The minimum atomic E-state index is -3.31. The first kappa shape index (κ1) is 15.4.